The van der Waals surface area contributed by atoms with Gasteiger partial charge >= 0.3 is 0 Å². The van der Waals surface area contributed by atoms with Crippen LogP contribution in [0.2, 0.25) is 10.0 Å². The van der Waals surface area contributed by atoms with Crippen LogP contribution in [0.25, 0.3) is 0 Å². The van der Waals surface area contributed by atoms with Crippen molar-refractivity contribution in [2.24, 2.45) is 17.8 Å². The molecule has 0 radical (unpaired) electrons. The number of carbonyl (C=O) groups is 1. The predicted molar refractivity (Wildman–Crippen MR) is 124 cm³/mol. The number of sulfonamides is 1. The van der Waals surface area contributed by atoms with Gasteiger partial charge in [0.05, 0.1) is 21.4 Å². The normalized spacial score (nSPS) is 23.6. The summed E-state index contributed by atoms with van der Waals surface area (Å²) in [5.41, 5.74) is 1.27. The third kappa shape index (κ3) is 5.25. The Labute approximate surface area is 193 Å². The van der Waals surface area contributed by atoms with Crippen LogP contribution >= 0.6 is 23.2 Å². The van der Waals surface area contributed by atoms with E-state index in [1.807, 2.05) is 6.92 Å². The SMILES string of the molecule is C[C@H](NS(=O)(=O)c1ccc(NC(=O)Cc2ccc(Cl)c(Cl)c2)cc1)[C@@H]1C[C@H]2CC[C@H]1C2. The van der Waals surface area contributed by atoms with Crippen LogP contribution < -0.4 is 10.0 Å². The van der Waals surface area contributed by atoms with Crippen LogP contribution in [0.1, 0.15) is 38.2 Å². The number of benzene rings is 2. The predicted octanol–water partition coefficient (Wildman–Crippen LogP) is 5.28. The van der Waals surface area contributed by atoms with Gasteiger partial charge in [0, 0.05) is 11.7 Å². The summed E-state index contributed by atoms with van der Waals surface area (Å²) in [6.45, 7) is 1.97. The fraction of sp³-hybridized carbons (Fsp3) is 0.435. The van der Waals surface area contributed by atoms with E-state index in [9.17, 15) is 13.2 Å². The van der Waals surface area contributed by atoms with Crippen LogP contribution in [0.5, 0.6) is 0 Å². The van der Waals surface area contributed by atoms with Crippen molar-refractivity contribution in [2.75, 3.05) is 5.32 Å². The zero-order valence-electron chi connectivity index (χ0n) is 17.3. The van der Waals surface area contributed by atoms with E-state index in [4.69, 9.17) is 23.2 Å². The van der Waals surface area contributed by atoms with Crippen LogP contribution in [0, 0.1) is 17.8 Å². The van der Waals surface area contributed by atoms with Crippen LogP contribution in [-0.4, -0.2) is 20.4 Å². The molecule has 2 aromatic carbocycles. The summed E-state index contributed by atoms with van der Waals surface area (Å²) in [6.07, 6.45) is 5.02. The maximum atomic E-state index is 12.8. The molecule has 2 N–H and O–H groups in total. The summed E-state index contributed by atoms with van der Waals surface area (Å²) in [7, 11) is -3.61. The van der Waals surface area contributed by atoms with Crippen molar-refractivity contribution in [3.8, 4) is 0 Å². The summed E-state index contributed by atoms with van der Waals surface area (Å²) >= 11 is 11.9. The molecule has 2 aliphatic carbocycles. The highest BCUT2D eigenvalue weighted by atomic mass is 35.5. The maximum Gasteiger partial charge on any atom is 0.240 e. The van der Waals surface area contributed by atoms with Gasteiger partial charge in [0.1, 0.15) is 0 Å². The maximum absolute atomic E-state index is 12.8. The molecule has 1 amide bonds. The second kappa shape index (κ2) is 9.10. The number of carbonyl (C=O) groups excluding carboxylic acids is 1. The first-order valence-electron chi connectivity index (χ1n) is 10.6. The van der Waals surface area contributed by atoms with Gasteiger partial charge in [-0.05, 0) is 85.9 Å². The largest absolute Gasteiger partial charge is 0.326 e. The third-order valence-corrected chi connectivity index (χ3v) is 8.89. The zero-order valence-corrected chi connectivity index (χ0v) is 19.6. The number of rotatable bonds is 7. The quantitative estimate of drug-likeness (QED) is 0.565. The topological polar surface area (TPSA) is 75.3 Å². The molecule has 4 rings (SSSR count). The highest BCUT2D eigenvalue weighted by molar-refractivity contribution is 7.89. The van der Waals surface area contributed by atoms with Gasteiger partial charge in [0.25, 0.3) is 0 Å². The number of halogens is 2. The molecular weight excluding hydrogens is 455 g/mol. The van der Waals surface area contributed by atoms with Gasteiger partial charge in [-0.2, -0.15) is 0 Å². The molecule has 31 heavy (non-hydrogen) atoms. The Morgan fingerprint density at radius 2 is 1.81 bits per heavy atom. The Morgan fingerprint density at radius 1 is 1.06 bits per heavy atom. The number of nitrogens with one attached hydrogen (secondary N) is 2. The summed E-state index contributed by atoms with van der Waals surface area (Å²) in [5, 5.41) is 3.61. The van der Waals surface area contributed by atoms with Gasteiger partial charge in [-0.15, -0.1) is 0 Å². The van der Waals surface area contributed by atoms with Crippen molar-refractivity contribution in [1.29, 1.82) is 0 Å². The summed E-state index contributed by atoms with van der Waals surface area (Å²) in [5.74, 6) is 1.62. The van der Waals surface area contributed by atoms with E-state index in [-0.39, 0.29) is 23.3 Å². The number of hydrogen-bond acceptors (Lipinski definition) is 3. The molecule has 0 unspecified atom stereocenters. The molecule has 0 aliphatic heterocycles. The van der Waals surface area contributed by atoms with E-state index in [2.05, 4.69) is 10.0 Å². The average molecular weight is 481 g/mol. The second-order valence-electron chi connectivity index (χ2n) is 8.75. The Hall–Kier alpha value is -1.60. The van der Waals surface area contributed by atoms with E-state index in [0.717, 1.165) is 17.9 Å². The summed E-state index contributed by atoms with van der Waals surface area (Å²) in [4.78, 5) is 12.5. The lowest BCUT2D eigenvalue weighted by molar-refractivity contribution is -0.115. The van der Waals surface area contributed by atoms with Gasteiger partial charge in [-0.25, -0.2) is 13.1 Å². The van der Waals surface area contributed by atoms with E-state index in [1.54, 1.807) is 30.3 Å². The Balaban J connectivity index is 1.35. The smallest absolute Gasteiger partial charge is 0.240 e. The van der Waals surface area contributed by atoms with Crippen LogP contribution in [-0.2, 0) is 21.2 Å². The highest BCUT2D eigenvalue weighted by Gasteiger charge is 2.42. The summed E-state index contributed by atoms with van der Waals surface area (Å²) in [6, 6.07) is 11.2. The first kappa shape index (κ1) is 22.6. The Kier molecular flexibility index (Phi) is 6.63. The van der Waals surface area contributed by atoms with Crippen molar-refractivity contribution >= 4 is 44.8 Å². The van der Waals surface area contributed by atoms with Gasteiger partial charge in [-0.1, -0.05) is 35.7 Å². The first-order valence-corrected chi connectivity index (χ1v) is 12.8. The minimum absolute atomic E-state index is 0.0779. The molecule has 2 aliphatic rings. The molecule has 0 aromatic heterocycles. The van der Waals surface area contributed by atoms with Gasteiger partial charge in [-0.3, -0.25) is 4.79 Å². The molecule has 2 bridgehead atoms. The fourth-order valence-corrected chi connectivity index (χ4v) is 6.68. The Bertz CT molecular complexity index is 1070. The molecule has 2 fully saturated rings. The van der Waals surface area contributed by atoms with Crippen molar-refractivity contribution in [2.45, 2.75) is 50.0 Å². The van der Waals surface area contributed by atoms with Crippen molar-refractivity contribution < 1.29 is 13.2 Å². The molecule has 0 heterocycles. The molecule has 2 aromatic rings. The monoisotopic (exact) mass is 480 g/mol. The first-order chi connectivity index (χ1) is 14.7. The van der Waals surface area contributed by atoms with E-state index in [1.165, 1.54) is 31.4 Å². The lowest BCUT2D eigenvalue weighted by Crippen LogP contribution is -2.40. The zero-order chi connectivity index (χ0) is 22.2. The molecule has 2 saturated carbocycles. The van der Waals surface area contributed by atoms with Gasteiger partial charge in [0.2, 0.25) is 15.9 Å². The lowest BCUT2D eigenvalue weighted by Gasteiger charge is -2.28. The number of hydrogen-bond donors (Lipinski definition) is 2. The molecular formula is C23H26Cl2N2O3S. The van der Waals surface area contributed by atoms with E-state index >= 15 is 0 Å². The second-order valence-corrected chi connectivity index (χ2v) is 11.3. The molecule has 0 saturated heterocycles. The van der Waals surface area contributed by atoms with E-state index in [0.29, 0.717) is 27.6 Å². The van der Waals surface area contributed by atoms with Crippen molar-refractivity contribution in [3.05, 3.63) is 58.1 Å². The highest BCUT2D eigenvalue weighted by Crippen LogP contribution is 2.49. The molecule has 0 spiro atoms. The fourth-order valence-electron chi connectivity index (χ4n) is 5.06. The van der Waals surface area contributed by atoms with Gasteiger partial charge < -0.3 is 5.32 Å². The molecule has 166 valence electrons. The number of anilines is 1. The minimum atomic E-state index is -3.61. The summed E-state index contributed by atoms with van der Waals surface area (Å²) < 4.78 is 28.5. The van der Waals surface area contributed by atoms with Crippen LogP contribution in [0.15, 0.2) is 47.4 Å². The van der Waals surface area contributed by atoms with Gasteiger partial charge in [0.15, 0.2) is 0 Å². The number of fused-ring (bicyclic) bond motifs is 2. The molecule has 8 heteroatoms. The Morgan fingerprint density at radius 3 is 2.42 bits per heavy atom. The van der Waals surface area contributed by atoms with Crippen molar-refractivity contribution in [1.82, 2.24) is 4.72 Å². The molecule has 5 nitrogen and oxygen atoms in total. The average Bonchev–Trinajstić information content (AvgIpc) is 3.34. The van der Waals surface area contributed by atoms with E-state index < -0.39 is 10.0 Å². The third-order valence-electron chi connectivity index (χ3n) is 6.57. The number of amides is 1. The standard InChI is InChI=1S/C23H26Cl2N2O3S/c1-14(20-11-15-2-4-17(20)10-15)27-31(29,30)19-7-5-18(6-8-19)26-23(28)13-16-3-9-21(24)22(25)12-16/h3,5-9,12,14-15,17,20,27H,2,4,10-11,13H2,1H3,(H,26,28)/t14-,15-,17-,20-/m0/s1. The minimum Gasteiger partial charge on any atom is -0.326 e. The van der Waals surface area contributed by atoms with Crippen LogP contribution in [0.3, 0.4) is 0 Å². The van der Waals surface area contributed by atoms with Crippen LogP contribution in [0.4, 0.5) is 5.69 Å². The molecule has 4 atom stereocenters. The lowest BCUT2D eigenvalue weighted by atomic mass is 9.84. The van der Waals surface area contributed by atoms with Crippen molar-refractivity contribution in [3.63, 3.8) is 0 Å².